The van der Waals surface area contributed by atoms with Crippen molar-refractivity contribution in [2.75, 3.05) is 5.32 Å². The number of hydrogen-bond acceptors (Lipinski definition) is 2. The van der Waals surface area contributed by atoms with Crippen LogP contribution in [0.4, 0.5) is 14.5 Å². The minimum Gasteiger partial charge on any atom is -0.506 e. The van der Waals surface area contributed by atoms with Crippen LogP contribution in [-0.4, -0.2) is 11.0 Å². The van der Waals surface area contributed by atoms with Gasteiger partial charge in [0.1, 0.15) is 17.4 Å². The Labute approximate surface area is 129 Å². The van der Waals surface area contributed by atoms with Gasteiger partial charge in [0.15, 0.2) is 0 Å². The second-order valence-electron chi connectivity index (χ2n) is 3.86. The second-order valence-corrected chi connectivity index (χ2v) is 5.63. The number of nitrogens with one attached hydrogen (secondary N) is 1. The Hall–Kier alpha value is -1.47. The number of carbonyl (C=O) groups excluding carboxylic acids is 1. The topological polar surface area (TPSA) is 49.3 Å². The summed E-state index contributed by atoms with van der Waals surface area (Å²) >= 11 is 6.27. The third kappa shape index (κ3) is 3.16. The van der Waals surface area contributed by atoms with Crippen molar-refractivity contribution < 1.29 is 18.7 Å². The zero-order chi connectivity index (χ0) is 14.9. The molecule has 0 spiro atoms. The summed E-state index contributed by atoms with van der Waals surface area (Å²) in [6, 6.07) is 5.73. The molecule has 0 radical (unpaired) electrons. The van der Waals surface area contributed by atoms with E-state index in [1.54, 1.807) is 6.07 Å². The highest BCUT2D eigenvalue weighted by Crippen LogP contribution is 2.32. The summed E-state index contributed by atoms with van der Waals surface area (Å²) in [5, 5.41) is 12.1. The average Bonchev–Trinajstić information content (AvgIpc) is 2.37. The molecule has 3 nitrogen and oxygen atoms in total. The fourth-order valence-electron chi connectivity index (χ4n) is 1.52. The molecule has 1 amide bonds. The Morgan fingerprint density at radius 1 is 1.15 bits per heavy atom. The fraction of sp³-hybridized carbons (Fsp3) is 0. The van der Waals surface area contributed by atoms with Crippen molar-refractivity contribution in [3.63, 3.8) is 0 Å². The van der Waals surface area contributed by atoms with Crippen LogP contribution in [0.15, 0.2) is 39.3 Å². The lowest BCUT2D eigenvalue weighted by atomic mass is 10.2. The van der Waals surface area contributed by atoms with Gasteiger partial charge in [0.25, 0.3) is 5.91 Å². The van der Waals surface area contributed by atoms with Crippen molar-refractivity contribution in [2.45, 2.75) is 0 Å². The van der Waals surface area contributed by atoms with Crippen LogP contribution in [0.25, 0.3) is 0 Å². The van der Waals surface area contributed by atoms with Crippen LogP contribution < -0.4 is 5.32 Å². The van der Waals surface area contributed by atoms with E-state index in [-0.39, 0.29) is 17.0 Å². The molecule has 0 atom stereocenters. The molecule has 2 rings (SSSR count). The predicted octanol–water partition coefficient (Wildman–Crippen LogP) is 4.45. The first-order chi connectivity index (χ1) is 9.38. The van der Waals surface area contributed by atoms with E-state index >= 15 is 0 Å². The SMILES string of the molecule is O=C(Nc1ccc(F)cc1F)c1cc(Br)cc(Br)c1O. The van der Waals surface area contributed by atoms with Gasteiger partial charge in [-0.05, 0) is 40.2 Å². The average molecular weight is 407 g/mol. The van der Waals surface area contributed by atoms with Crippen LogP contribution in [0.2, 0.25) is 0 Å². The lowest BCUT2D eigenvalue weighted by molar-refractivity contribution is 0.102. The first kappa shape index (κ1) is 14.9. The van der Waals surface area contributed by atoms with Crippen molar-refractivity contribution in [3.8, 4) is 5.75 Å². The predicted molar refractivity (Wildman–Crippen MR) is 77.8 cm³/mol. The number of aromatic hydroxyl groups is 1. The maximum absolute atomic E-state index is 13.4. The van der Waals surface area contributed by atoms with E-state index in [1.807, 2.05) is 0 Å². The van der Waals surface area contributed by atoms with Crippen molar-refractivity contribution in [1.82, 2.24) is 0 Å². The molecule has 0 aliphatic rings. The van der Waals surface area contributed by atoms with Crippen molar-refractivity contribution in [1.29, 1.82) is 0 Å². The van der Waals surface area contributed by atoms with Crippen LogP contribution >= 0.6 is 31.9 Å². The van der Waals surface area contributed by atoms with Crippen LogP contribution in [0.5, 0.6) is 5.75 Å². The molecule has 0 saturated heterocycles. The third-order valence-corrected chi connectivity index (χ3v) is 3.51. The van der Waals surface area contributed by atoms with Gasteiger partial charge in [-0.25, -0.2) is 8.78 Å². The Morgan fingerprint density at radius 2 is 1.85 bits per heavy atom. The first-order valence-electron chi connectivity index (χ1n) is 5.33. The first-order valence-corrected chi connectivity index (χ1v) is 6.91. The zero-order valence-corrected chi connectivity index (χ0v) is 12.9. The van der Waals surface area contributed by atoms with E-state index < -0.39 is 17.5 Å². The molecular weight excluding hydrogens is 400 g/mol. The van der Waals surface area contributed by atoms with E-state index in [0.717, 1.165) is 12.1 Å². The van der Waals surface area contributed by atoms with E-state index in [9.17, 15) is 18.7 Å². The largest absolute Gasteiger partial charge is 0.506 e. The smallest absolute Gasteiger partial charge is 0.259 e. The quantitative estimate of drug-likeness (QED) is 0.774. The molecule has 0 aliphatic heterocycles. The molecule has 0 heterocycles. The molecule has 0 fully saturated rings. The third-order valence-electron chi connectivity index (χ3n) is 2.45. The molecule has 7 heteroatoms. The van der Waals surface area contributed by atoms with Crippen molar-refractivity contribution >= 4 is 43.5 Å². The summed E-state index contributed by atoms with van der Waals surface area (Å²) in [5.74, 6) is -2.62. The van der Waals surface area contributed by atoms with Gasteiger partial charge in [-0.3, -0.25) is 4.79 Å². The summed E-state index contributed by atoms with van der Waals surface area (Å²) in [4.78, 5) is 12.0. The van der Waals surface area contributed by atoms with Crippen LogP contribution in [0.1, 0.15) is 10.4 Å². The van der Waals surface area contributed by atoms with E-state index in [4.69, 9.17) is 0 Å². The number of anilines is 1. The molecule has 104 valence electrons. The summed E-state index contributed by atoms with van der Waals surface area (Å²) in [6.45, 7) is 0. The molecule has 20 heavy (non-hydrogen) atoms. The number of phenols is 1. The van der Waals surface area contributed by atoms with E-state index in [2.05, 4.69) is 37.2 Å². The Kier molecular flexibility index (Phi) is 4.39. The number of halogens is 4. The molecule has 0 unspecified atom stereocenters. The van der Waals surface area contributed by atoms with Crippen molar-refractivity contribution in [3.05, 3.63) is 56.5 Å². The maximum Gasteiger partial charge on any atom is 0.259 e. The monoisotopic (exact) mass is 405 g/mol. The lowest BCUT2D eigenvalue weighted by Gasteiger charge is -2.09. The van der Waals surface area contributed by atoms with Gasteiger partial charge in [0, 0.05) is 10.5 Å². The lowest BCUT2D eigenvalue weighted by Crippen LogP contribution is -2.13. The highest BCUT2D eigenvalue weighted by molar-refractivity contribution is 9.11. The minimum atomic E-state index is -0.896. The Balaban J connectivity index is 2.33. The van der Waals surface area contributed by atoms with Crippen LogP contribution in [0.3, 0.4) is 0 Å². The normalized spacial score (nSPS) is 10.4. The summed E-state index contributed by atoms with van der Waals surface area (Å²) in [5.41, 5.74) is -0.220. The number of carbonyl (C=O) groups is 1. The molecule has 2 N–H and O–H groups in total. The number of amides is 1. The van der Waals surface area contributed by atoms with E-state index in [0.29, 0.717) is 15.0 Å². The summed E-state index contributed by atoms with van der Waals surface area (Å²) < 4.78 is 27.1. The highest BCUT2D eigenvalue weighted by atomic mass is 79.9. The molecule has 2 aromatic carbocycles. The van der Waals surface area contributed by atoms with Gasteiger partial charge < -0.3 is 10.4 Å². The van der Waals surface area contributed by atoms with Gasteiger partial charge in [-0.15, -0.1) is 0 Å². The minimum absolute atomic E-state index is 0.0463. The molecule has 2 aromatic rings. The van der Waals surface area contributed by atoms with Crippen molar-refractivity contribution in [2.24, 2.45) is 0 Å². The van der Waals surface area contributed by atoms with Crippen LogP contribution in [0, 0.1) is 11.6 Å². The number of rotatable bonds is 2. The Bertz CT molecular complexity index is 692. The number of benzene rings is 2. The van der Waals surface area contributed by atoms with Crippen LogP contribution in [-0.2, 0) is 0 Å². The molecule has 0 saturated carbocycles. The molecule has 0 aliphatic carbocycles. The van der Waals surface area contributed by atoms with Gasteiger partial charge in [0.05, 0.1) is 15.7 Å². The molecule has 0 bridgehead atoms. The van der Waals surface area contributed by atoms with Gasteiger partial charge in [-0.1, -0.05) is 15.9 Å². The number of hydrogen-bond donors (Lipinski definition) is 2. The highest BCUT2D eigenvalue weighted by Gasteiger charge is 2.16. The fourth-order valence-corrected chi connectivity index (χ4v) is 2.74. The number of phenolic OH excluding ortho intramolecular Hbond substituents is 1. The van der Waals surface area contributed by atoms with E-state index in [1.165, 1.54) is 6.07 Å². The van der Waals surface area contributed by atoms with Gasteiger partial charge >= 0.3 is 0 Å². The summed E-state index contributed by atoms with van der Waals surface area (Å²) in [7, 11) is 0. The molecule has 0 aromatic heterocycles. The van der Waals surface area contributed by atoms with Gasteiger partial charge in [-0.2, -0.15) is 0 Å². The second kappa shape index (κ2) is 5.88. The Morgan fingerprint density at radius 3 is 2.50 bits per heavy atom. The standard InChI is InChI=1S/C13H7Br2F2NO2/c14-6-3-8(12(19)9(15)4-6)13(20)18-11-2-1-7(16)5-10(11)17/h1-5,19H,(H,18,20). The molecular formula is C13H7Br2F2NO2. The maximum atomic E-state index is 13.4. The summed E-state index contributed by atoms with van der Waals surface area (Å²) in [6.07, 6.45) is 0. The van der Waals surface area contributed by atoms with Gasteiger partial charge in [0.2, 0.25) is 0 Å². The zero-order valence-electron chi connectivity index (χ0n) is 9.75.